The number of hydrogen-bond donors (Lipinski definition) is 1. The summed E-state index contributed by atoms with van der Waals surface area (Å²) in [7, 11) is 0. The number of carbonyl (C=O) groups is 2. The van der Waals surface area contributed by atoms with E-state index in [1.807, 2.05) is 0 Å². The first-order chi connectivity index (χ1) is 13.4. The molecule has 146 valence electrons. The van der Waals surface area contributed by atoms with Gasteiger partial charge in [0, 0.05) is 32.0 Å². The molecular formula is C20H21FN4O3. The van der Waals surface area contributed by atoms with Crippen LogP contribution in [0.15, 0.2) is 29.1 Å². The average molecular weight is 384 g/mol. The predicted molar refractivity (Wildman–Crippen MR) is 99.1 cm³/mol. The fraction of sp³-hybridized carbons (Fsp3) is 0.400. The van der Waals surface area contributed by atoms with Crippen LogP contribution in [-0.2, 0) is 17.8 Å². The van der Waals surface area contributed by atoms with Crippen molar-refractivity contribution in [1.82, 2.24) is 19.8 Å². The van der Waals surface area contributed by atoms with Crippen LogP contribution in [0, 0.1) is 5.82 Å². The second-order valence-corrected chi connectivity index (χ2v) is 7.23. The number of aromatic nitrogens is 2. The molecule has 2 amide bonds. The Morgan fingerprint density at radius 1 is 1.21 bits per heavy atom. The first-order valence-corrected chi connectivity index (χ1v) is 9.38. The number of likely N-dealkylation sites (tertiary alicyclic amines) is 1. The summed E-state index contributed by atoms with van der Waals surface area (Å²) >= 11 is 0. The van der Waals surface area contributed by atoms with E-state index in [1.165, 1.54) is 31.2 Å². The molecule has 4 rings (SSSR count). The number of H-pyrrole nitrogens is 1. The van der Waals surface area contributed by atoms with E-state index in [2.05, 4.69) is 9.97 Å². The predicted octanol–water partition coefficient (Wildman–Crippen LogP) is 1.79. The van der Waals surface area contributed by atoms with Gasteiger partial charge in [-0.05, 0) is 37.1 Å². The van der Waals surface area contributed by atoms with Crippen molar-refractivity contribution in [1.29, 1.82) is 0 Å². The number of amides is 2. The van der Waals surface area contributed by atoms with Gasteiger partial charge in [-0.15, -0.1) is 0 Å². The SMILES string of the molecule is CC(=O)N1CCC[C@@H]1c1nc2c(c(=O)[nH]1)CN(C(=O)c1ccc(F)cc1)CC2. The highest BCUT2D eigenvalue weighted by atomic mass is 19.1. The second kappa shape index (κ2) is 7.18. The van der Waals surface area contributed by atoms with Crippen molar-refractivity contribution < 1.29 is 14.0 Å². The van der Waals surface area contributed by atoms with Gasteiger partial charge < -0.3 is 14.8 Å². The fourth-order valence-electron chi connectivity index (χ4n) is 3.98. The standard InChI is InChI=1S/C20H21FN4O3/c1-12(26)25-9-2-3-17(25)18-22-16-8-10-24(11-15(16)19(27)23-18)20(28)13-4-6-14(21)7-5-13/h4-7,17H,2-3,8-11H2,1H3,(H,22,23,27)/t17-/m1/s1. The first kappa shape index (κ1) is 18.3. The number of aromatic amines is 1. The third kappa shape index (κ3) is 3.30. The molecule has 28 heavy (non-hydrogen) atoms. The number of nitrogens with zero attached hydrogens (tertiary/aromatic N) is 3. The summed E-state index contributed by atoms with van der Waals surface area (Å²) in [4.78, 5) is 47.9. The lowest BCUT2D eigenvalue weighted by Gasteiger charge is -2.29. The minimum atomic E-state index is -0.403. The van der Waals surface area contributed by atoms with Crippen LogP contribution >= 0.6 is 0 Å². The molecule has 1 N–H and O–H groups in total. The fourth-order valence-corrected chi connectivity index (χ4v) is 3.98. The van der Waals surface area contributed by atoms with Crippen LogP contribution in [0.1, 0.15) is 53.2 Å². The summed E-state index contributed by atoms with van der Waals surface area (Å²) in [5, 5.41) is 0. The molecule has 3 heterocycles. The second-order valence-electron chi connectivity index (χ2n) is 7.23. The van der Waals surface area contributed by atoms with Crippen LogP contribution in [0.2, 0.25) is 0 Å². The van der Waals surface area contributed by atoms with E-state index < -0.39 is 5.82 Å². The molecule has 8 heteroatoms. The van der Waals surface area contributed by atoms with Crippen LogP contribution < -0.4 is 5.56 Å². The van der Waals surface area contributed by atoms with Crippen molar-refractivity contribution in [2.45, 2.75) is 38.8 Å². The van der Waals surface area contributed by atoms with Gasteiger partial charge in [-0.25, -0.2) is 9.37 Å². The van der Waals surface area contributed by atoms with Gasteiger partial charge in [-0.1, -0.05) is 0 Å². The van der Waals surface area contributed by atoms with E-state index in [4.69, 9.17) is 0 Å². The minimum absolute atomic E-state index is 0.0288. The Morgan fingerprint density at radius 3 is 2.68 bits per heavy atom. The maximum absolute atomic E-state index is 13.1. The molecule has 2 aromatic rings. The van der Waals surface area contributed by atoms with Gasteiger partial charge in [0.15, 0.2) is 0 Å². The number of fused-ring (bicyclic) bond motifs is 1. The van der Waals surface area contributed by atoms with Crippen molar-refractivity contribution in [2.75, 3.05) is 13.1 Å². The van der Waals surface area contributed by atoms with E-state index in [0.29, 0.717) is 42.2 Å². The Kier molecular flexibility index (Phi) is 4.70. The molecule has 0 unspecified atom stereocenters. The Bertz CT molecular complexity index is 986. The van der Waals surface area contributed by atoms with Gasteiger partial charge in [0.2, 0.25) is 5.91 Å². The van der Waals surface area contributed by atoms with Crippen LogP contribution in [0.3, 0.4) is 0 Å². The third-order valence-electron chi connectivity index (χ3n) is 5.44. The van der Waals surface area contributed by atoms with Crippen molar-refractivity contribution in [3.63, 3.8) is 0 Å². The van der Waals surface area contributed by atoms with E-state index >= 15 is 0 Å². The number of carbonyl (C=O) groups excluding carboxylic acids is 2. The van der Waals surface area contributed by atoms with Crippen LogP contribution in [0.25, 0.3) is 0 Å². The molecule has 0 bridgehead atoms. The molecule has 1 saturated heterocycles. The summed E-state index contributed by atoms with van der Waals surface area (Å²) < 4.78 is 13.1. The van der Waals surface area contributed by atoms with E-state index in [-0.39, 0.29) is 30.0 Å². The van der Waals surface area contributed by atoms with Crippen molar-refractivity contribution in [3.8, 4) is 0 Å². The van der Waals surface area contributed by atoms with Crippen LogP contribution in [0.5, 0.6) is 0 Å². The maximum atomic E-state index is 13.1. The molecule has 1 atom stereocenters. The summed E-state index contributed by atoms with van der Waals surface area (Å²) in [6, 6.07) is 5.17. The van der Waals surface area contributed by atoms with Gasteiger partial charge in [-0.3, -0.25) is 14.4 Å². The molecular weight excluding hydrogens is 363 g/mol. The Labute approximate surface area is 161 Å². The van der Waals surface area contributed by atoms with Gasteiger partial charge >= 0.3 is 0 Å². The number of nitrogens with one attached hydrogen (secondary N) is 1. The zero-order valence-corrected chi connectivity index (χ0v) is 15.6. The number of hydrogen-bond acceptors (Lipinski definition) is 4. The van der Waals surface area contributed by atoms with Crippen molar-refractivity contribution in [3.05, 3.63) is 63.1 Å². The molecule has 2 aliphatic heterocycles. The highest BCUT2D eigenvalue weighted by Crippen LogP contribution is 2.30. The molecule has 0 aliphatic carbocycles. The van der Waals surface area contributed by atoms with Gasteiger partial charge in [0.25, 0.3) is 11.5 Å². The quantitative estimate of drug-likeness (QED) is 0.855. The molecule has 0 saturated carbocycles. The van der Waals surface area contributed by atoms with Crippen LogP contribution in [0.4, 0.5) is 4.39 Å². The van der Waals surface area contributed by atoms with Crippen molar-refractivity contribution >= 4 is 11.8 Å². The summed E-state index contributed by atoms with van der Waals surface area (Å²) in [6.45, 7) is 2.78. The zero-order valence-electron chi connectivity index (χ0n) is 15.6. The monoisotopic (exact) mass is 384 g/mol. The number of rotatable bonds is 2. The molecule has 1 aromatic carbocycles. The van der Waals surface area contributed by atoms with Crippen molar-refractivity contribution in [2.24, 2.45) is 0 Å². The molecule has 1 aromatic heterocycles. The number of halogens is 1. The van der Waals surface area contributed by atoms with E-state index in [0.717, 1.165) is 12.8 Å². The average Bonchev–Trinajstić information content (AvgIpc) is 3.18. The van der Waals surface area contributed by atoms with E-state index in [9.17, 15) is 18.8 Å². The normalized spacial score (nSPS) is 18.9. The highest BCUT2D eigenvalue weighted by Gasteiger charge is 2.32. The zero-order chi connectivity index (χ0) is 19.8. The van der Waals surface area contributed by atoms with Crippen LogP contribution in [-0.4, -0.2) is 44.7 Å². The lowest BCUT2D eigenvalue weighted by Crippen LogP contribution is -2.40. The molecule has 2 aliphatic rings. The highest BCUT2D eigenvalue weighted by molar-refractivity contribution is 5.94. The molecule has 7 nitrogen and oxygen atoms in total. The van der Waals surface area contributed by atoms with Gasteiger partial charge in [-0.2, -0.15) is 0 Å². The lowest BCUT2D eigenvalue weighted by molar-refractivity contribution is -0.129. The minimum Gasteiger partial charge on any atom is -0.334 e. The lowest BCUT2D eigenvalue weighted by atomic mass is 10.0. The summed E-state index contributed by atoms with van der Waals surface area (Å²) in [5.41, 5.74) is 1.26. The number of benzene rings is 1. The maximum Gasteiger partial charge on any atom is 0.256 e. The van der Waals surface area contributed by atoms with Gasteiger partial charge in [0.05, 0.1) is 23.8 Å². The topological polar surface area (TPSA) is 86.4 Å². The molecule has 0 spiro atoms. The Hall–Kier alpha value is -3.03. The first-order valence-electron chi connectivity index (χ1n) is 9.38. The summed E-state index contributed by atoms with van der Waals surface area (Å²) in [6.07, 6.45) is 2.12. The molecule has 1 fully saturated rings. The largest absolute Gasteiger partial charge is 0.334 e. The van der Waals surface area contributed by atoms with E-state index in [1.54, 1.807) is 9.80 Å². The third-order valence-corrected chi connectivity index (χ3v) is 5.44. The smallest absolute Gasteiger partial charge is 0.256 e. The Morgan fingerprint density at radius 2 is 1.96 bits per heavy atom. The molecule has 0 radical (unpaired) electrons. The Balaban J connectivity index is 1.58. The van der Waals surface area contributed by atoms with Gasteiger partial charge in [0.1, 0.15) is 11.6 Å². The summed E-state index contributed by atoms with van der Waals surface area (Å²) in [5.74, 6) is -0.151.